The number of imide groups is 1. The van der Waals surface area contributed by atoms with Crippen molar-refractivity contribution in [2.45, 2.75) is 46.2 Å². The van der Waals surface area contributed by atoms with Crippen molar-refractivity contribution < 1.29 is 19.2 Å². The van der Waals surface area contributed by atoms with Gasteiger partial charge in [-0.15, -0.1) is 0 Å². The number of carbonyl (C=O) groups is 4. The van der Waals surface area contributed by atoms with Gasteiger partial charge in [-0.1, -0.05) is 42.0 Å². The maximum Gasteiger partial charge on any atom is 0.261 e. The maximum atomic E-state index is 13.1. The number of fused-ring (bicyclic) bond motifs is 1. The van der Waals surface area contributed by atoms with Gasteiger partial charge in [-0.05, 0) is 44.9 Å². The van der Waals surface area contributed by atoms with Gasteiger partial charge in [-0.2, -0.15) is 0 Å². The number of nitrogens with one attached hydrogen (secondary N) is 1. The molecule has 0 saturated carbocycles. The van der Waals surface area contributed by atoms with Crippen LogP contribution in [0, 0.1) is 6.92 Å². The molecule has 0 aromatic heterocycles. The van der Waals surface area contributed by atoms with Crippen LogP contribution in [0.15, 0.2) is 48.5 Å². The van der Waals surface area contributed by atoms with E-state index in [1.807, 2.05) is 38.1 Å². The summed E-state index contributed by atoms with van der Waals surface area (Å²) in [6.45, 7) is 6.48. The third-order valence-electron chi connectivity index (χ3n) is 5.64. The standard InChI is InChI=1S/C25H29N3O4/c1-4-26-23(30)18(3)28(16-19-13-11-17(2)12-14-19)22(29)10-7-15-27-24(31)20-8-5-6-9-21(20)25(27)32/h5-6,8-9,11-14,18H,4,7,10,15-16H2,1-3H3,(H,26,30)/t18-/m0/s1. The zero-order chi connectivity index (χ0) is 23.3. The van der Waals surface area contributed by atoms with Gasteiger partial charge in [0.05, 0.1) is 11.1 Å². The van der Waals surface area contributed by atoms with Crippen molar-refractivity contribution in [2.24, 2.45) is 0 Å². The van der Waals surface area contributed by atoms with Crippen molar-refractivity contribution in [3.63, 3.8) is 0 Å². The van der Waals surface area contributed by atoms with Gasteiger partial charge in [-0.25, -0.2) is 0 Å². The van der Waals surface area contributed by atoms with Gasteiger partial charge >= 0.3 is 0 Å². The van der Waals surface area contributed by atoms with E-state index < -0.39 is 6.04 Å². The van der Waals surface area contributed by atoms with E-state index in [0.29, 0.717) is 30.6 Å². The molecule has 4 amide bonds. The highest BCUT2D eigenvalue weighted by Gasteiger charge is 2.35. The summed E-state index contributed by atoms with van der Waals surface area (Å²) >= 11 is 0. The molecule has 7 nitrogen and oxygen atoms in total. The van der Waals surface area contributed by atoms with Gasteiger partial charge in [0.2, 0.25) is 11.8 Å². The Balaban J connectivity index is 1.65. The van der Waals surface area contributed by atoms with Crippen LogP contribution in [0.2, 0.25) is 0 Å². The van der Waals surface area contributed by atoms with E-state index in [4.69, 9.17) is 0 Å². The highest BCUT2D eigenvalue weighted by molar-refractivity contribution is 6.21. The number of benzene rings is 2. The summed E-state index contributed by atoms with van der Waals surface area (Å²) in [5, 5.41) is 2.77. The van der Waals surface area contributed by atoms with E-state index in [1.165, 1.54) is 4.90 Å². The van der Waals surface area contributed by atoms with E-state index in [0.717, 1.165) is 11.1 Å². The van der Waals surface area contributed by atoms with Crippen LogP contribution in [-0.2, 0) is 16.1 Å². The Kier molecular flexibility index (Phi) is 7.41. The first kappa shape index (κ1) is 23.2. The number of amides is 4. The molecule has 1 heterocycles. The quantitative estimate of drug-likeness (QED) is 0.614. The van der Waals surface area contributed by atoms with Crippen LogP contribution in [0.3, 0.4) is 0 Å². The Morgan fingerprint density at radius 1 is 1.00 bits per heavy atom. The summed E-state index contributed by atoms with van der Waals surface area (Å²) in [5.74, 6) is -1.07. The number of carbonyl (C=O) groups excluding carboxylic acids is 4. The van der Waals surface area contributed by atoms with E-state index in [-0.39, 0.29) is 36.6 Å². The fraction of sp³-hybridized carbons (Fsp3) is 0.360. The lowest BCUT2D eigenvalue weighted by molar-refractivity contribution is -0.140. The van der Waals surface area contributed by atoms with Crippen molar-refractivity contribution in [1.29, 1.82) is 0 Å². The molecule has 32 heavy (non-hydrogen) atoms. The molecule has 0 saturated heterocycles. The Morgan fingerprint density at radius 2 is 1.59 bits per heavy atom. The van der Waals surface area contributed by atoms with Crippen molar-refractivity contribution >= 4 is 23.6 Å². The Labute approximate surface area is 188 Å². The average molecular weight is 436 g/mol. The second-order valence-corrected chi connectivity index (χ2v) is 7.99. The van der Waals surface area contributed by atoms with Gasteiger partial charge in [0.25, 0.3) is 11.8 Å². The summed E-state index contributed by atoms with van der Waals surface area (Å²) < 4.78 is 0. The molecule has 1 N–H and O–H groups in total. The largest absolute Gasteiger partial charge is 0.355 e. The molecule has 168 valence electrons. The highest BCUT2D eigenvalue weighted by Crippen LogP contribution is 2.23. The minimum atomic E-state index is -0.636. The Bertz CT molecular complexity index is 981. The third kappa shape index (κ3) is 5.04. The molecule has 7 heteroatoms. The molecule has 1 aliphatic rings. The molecular weight excluding hydrogens is 406 g/mol. The second-order valence-electron chi connectivity index (χ2n) is 7.99. The minimum Gasteiger partial charge on any atom is -0.355 e. The van der Waals surface area contributed by atoms with Crippen LogP contribution in [0.1, 0.15) is 58.5 Å². The van der Waals surface area contributed by atoms with Crippen molar-refractivity contribution in [1.82, 2.24) is 15.1 Å². The molecule has 0 unspecified atom stereocenters. The number of hydrogen-bond donors (Lipinski definition) is 1. The summed E-state index contributed by atoms with van der Waals surface area (Å²) in [6.07, 6.45) is 0.458. The van der Waals surface area contributed by atoms with Crippen LogP contribution < -0.4 is 5.32 Å². The number of hydrogen-bond acceptors (Lipinski definition) is 4. The van der Waals surface area contributed by atoms with Crippen LogP contribution in [0.25, 0.3) is 0 Å². The molecule has 3 rings (SSSR count). The SMILES string of the molecule is CCNC(=O)[C@H](C)N(Cc1ccc(C)cc1)C(=O)CCCN1C(=O)c2ccccc2C1=O. The summed E-state index contributed by atoms with van der Waals surface area (Å²) in [4.78, 5) is 53.3. The molecule has 0 aliphatic carbocycles. The summed E-state index contributed by atoms with van der Waals surface area (Å²) in [6, 6.07) is 13.9. The summed E-state index contributed by atoms with van der Waals surface area (Å²) in [7, 11) is 0. The summed E-state index contributed by atoms with van der Waals surface area (Å²) in [5.41, 5.74) is 2.84. The zero-order valence-electron chi connectivity index (χ0n) is 18.8. The molecule has 0 fully saturated rings. The average Bonchev–Trinajstić information content (AvgIpc) is 3.03. The third-order valence-corrected chi connectivity index (χ3v) is 5.64. The smallest absolute Gasteiger partial charge is 0.261 e. The van der Waals surface area contributed by atoms with E-state index in [1.54, 1.807) is 36.1 Å². The van der Waals surface area contributed by atoms with Crippen molar-refractivity contribution in [3.8, 4) is 0 Å². The molecular formula is C25H29N3O4. The normalized spacial score (nSPS) is 13.7. The van der Waals surface area contributed by atoms with E-state index in [9.17, 15) is 19.2 Å². The van der Waals surface area contributed by atoms with Gasteiger partial charge in [0.1, 0.15) is 6.04 Å². The van der Waals surface area contributed by atoms with Crippen molar-refractivity contribution in [3.05, 3.63) is 70.8 Å². The predicted octanol–water partition coefficient (Wildman–Crippen LogP) is 2.92. The van der Waals surface area contributed by atoms with Gasteiger partial charge in [-0.3, -0.25) is 24.1 Å². The predicted molar refractivity (Wildman–Crippen MR) is 121 cm³/mol. The first-order valence-electron chi connectivity index (χ1n) is 10.9. The fourth-order valence-electron chi connectivity index (χ4n) is 3.77. The fourth-order valence-corrected chi connectivity index (χ4v) is 3.77. The molecule has 0 radical (unpaired) electrons. The van der Waals surface area contributed by atoms with Crippen LogP contribution >= 0.6 is 0 Å². The lowest BCUT2D eigenvalue weighted by atomic mass is 10.1. The number of nitrogens with zero attached hydrogens (tertiary/aromatic N) is 2. The minimum absolute atomic E-state index is 0.128. The van der Waals surface area contributed by atoms with E-state index in [2.05, 4.69) is 5.32 Å². The Morgan fingerprint density at radius 3 is 2.16 bits per heavy atom. The van der Waals surface area contributed by atoms with Crippen LogP contribution in [0.4, 0.5) is 0 Å². The first-order chi connectivity index (χ1) is 15.3. The molecule has 1 atom stereocenters. The zero-order valence-corrected chi connectivity index (χ0v) is 18.8. The second kappa shape index (κ2) is 10.2. The highest BCUT2D eigenvalue weighted by atomic mass is 16.2. The van der Waals surface area contributed by atoms with Gasteiger partial charge in [0.15, 0.2) is 0 Å². The van der Waals surface area contributed by atoms with Crippen molar-refractivity contribution in [2.75, 3.05) is 13.1 Å². The van der Waals surface area contributed by atoms with Gasteiger partial charge in [0, 0.05) is 26.1 Å². The Hall–Kier alpha value is -3.48. The topological polar surface area (TPSA) is 86.8 Å². The first-order valence-corrected chi connectivity index (χ1v) is 10.9. The number of rotatable bonds is 9. The van der Waals surface area contributed by atoms with Gasteiger partial charge < -0.3 is 10.2 Å². The molecule has 2 aromatic rings. The maximum absolute atomic E-state index is 13.1. The van der Waals surface area contributed by atoms with Crippen LogP contribution in [-0.4, -0.2) is 52.6 Å². The molecule has 0 bridgehead atoms. The molecule has 0 spiro atoms. The molecule has 2 aromatic carbocycles. The van der Waals surface area contributed by atoms with E-state index >= 15 is 0 Å². The molecule has 1 aliphatic heterocycles. The number of likely N-dealkylation sites (N-methyl/N-ethyl adjacent to an activating group) is 1. The number of aryl methyl sites for hydroxylation is 1. The van der Waals surface area contributed by atoms with Crippen LogP contribution in [0.5, 0.6) is 0 Å². The lowest BCUT2D eigenvalue weighted by Crippen LogP contribution is -2.47. The monoisotopic (exact) mass is 435 g/mol. The lowest BCUT2D eigenvalue weighted by Gasteiger charge is -2.29.